The van der Waals surface area contributed by atoms with Crippen LogP contribution in [-0.2, 0) is 11.2 Å². The fourth-order valence-electron chi connectivity index (χ4n) is 2.27. The van der Waals surface area contributed by atoms with Gasteiger partial charge in [-0.25, -0.2) is 0 Å². The van der Waals surface area contributed by atoms with Crippen molar-refractivity contribution >= 4 is 23.3 Å². The summed E-state index contributed by atoms with van der Waals surface area (Å²) in [4.78, 5) is 26.2. The molecule has 6 nitrogen and oxygen atoms in total. The van der Waals surface area contributed by atoms with E-state index in [-0.39, 0.29) is 11.8 Å². The summed E-state index contributed by atoms with van der Waals surface area (Å²) in [5, 5.41) is 6.77. The van der Waals surface area contributed by atoms with Crippen molar-refractivity contribution in [2.75, 3.05) is 19.6 Å². The molecule has 2 heterocycles. The zero-order valence-electron chi connectivity index (χ0n) is 11.7. The van der Waals surface area contributed by atoms with Crippen molar-refractivity contribution in [2.45, 2.75) is 39.0 Å². The second kappa shape index (κ2) is 7.33. The molecular formula is C13H20N4O2S. The number of hydrogen-bond acceptors (Lipinski definition) is 5. The van der Waals surface area contributed by atoms with E-state index in [1.807, 2.05) is 11.8 Å². The van der Waals surface area contributed by atoms with Crippen molar-refractivity contribution in [2.24, 2.45) is 0 Å². The van der Waals surface area contributed by atoms with E-state index in [4.69, 9.17) is 0 Å². The van der Waals surface area contributed by atoms with Crippen LogP contribution in [0.15, 0.2) is 0 Å². The van der Waals surface area contributed by atoms with Gasteiger partial charge >= 0.3 is 0 Å². The van der Waals surface area contributed by atoms with E-state index in [1.165, 1.54) is 0 Å². The number of carbonyl (C=O) groups excluding carboxylic acids is 2. The summed E-state index contributed by atoms with van der Waals surface area (Å²) in [5.41, 5.74) is 0.735. The van der Waals surface area contributed by atoms with Crippen LogP contribution in [0, 0.1) is 0 Å². The van der Waals surface area contributed by atoms with E-state index in [0.717, 1.165) is 43.0 Å². The largest absolute Gasteiger partial charge is 0.349 e. The molecule has 0 bridgehead atoms. The molecule has 0 radical (unpaired) electrons. The van der Waals surface area contributed by atoms with Gasteiger partial charge in [-0.2, -0.15) is 0 Å². The Labute approximate surface area is 122 Å². The molecule has 1 saturated heterocycles. The number of carbonyl (C=O) groups is 2. The lowest BCUT2D eigenvalue weighted by Crippen LogP contribution is -2.38. The van der Waals surface area contributed by atoms with Gasteiger partial charge in [0.15, 0.2) is 0 Å². The highest BCUT2D eigenvalue weighted by Gasteiger charge is 2.18. The maximum absolute atomic E-state index is 12.0. The Hall–Kier alpha value is -1.50. The molecule has 1 aliphatic rings. The fourth-order valence-corrected chi connectivity index (χ4v) is 2.94. The van der Waals surface area contributed by atoms with Gasteiger partial charge in [0, 0.05) is 26.1 Å². The number of likely N-dealkylation sites (tertiary alicyclic amines) is 1. The monoisotopic (exact) mass is 296 g/mol. The third-order valence-electron chi connectivity index (χ3n) is 3.44. The first-order valence-electron chi connectivity index (χ1n) is 7.09. The molecule has 2 rings (SSSR count). The third-order valence-corrected chi connectivity index (χ3v) is 4.20. The van der Waals surface area contributed by atoms with Gasteiger partial charge < -0.3 is 10.2 Å². The molecule has 110 valence electrons. The average molecular weight is 296 g/mol. The molecule has 1 aromatic rings. The van der Waals surface area contributed by atoms with Crippen molar-refractivity contribution in [1.29, 1.82) is 0 Å². The lowest BCUT2D eigenvalue weighted by Gasteiger charge is -2.20. The molecule has 7 heteroatoms. The van der Waals surface area contributed by atoms with Gasteiger partial charge in [0.2, 0.25) is 5.91 Å². The van der Waals surface area contributed by atoms with Crippen molar-refractivity contribution in [3.05, 3.63) is 10.6 Å². The van der Waals surface area contributed by atoms with Gasteiger partial charge in [-0.05, 0) is 30.8 Å². The molecule has 0 atom stereocenters. The molecule has 1 aliphatic heterocycles. The molecule has 0 spiro atoms. The minimum Gasteiger partial charge on any atom is -0.349 e. The zero-order valence-corrected chi connectivity index (χ0v) is 12.5. The number of amides is 2. The average Bonchev–Trinajstić information content (AvgIpc) is 2.84. The van der Waals surface area contributed by atoms with Crippen molar-refractivity contribution in [3.8, 4) is 0 Å². The van der Waals surface area contributed by atoms with E-state index < -0.39 is 0 Å². The van der Waals surface area contributed by atoms with Crippen LogP contribution in [0.25, 0.3) is 0 Å². The first-order valence-corrected chi connectivity index (χ1v) is 7.87. The molecule has 2 amide bonds. The van der Waals surface area contributed by atoms with Crippen LogP contribution in [0.1, 0.15) is 48.0 Å². The lowest BCUT2D eigenvalue weighted by atomic mass is 10.2. The molecule has 0 unspecified atom stereocenters. The van der Waals surface area contributed by atoms with Gasteiger partial charge in [-0.1, -0.05) is 17.8 Å². The lowest BCUT2D eigenvalue weighted by molar-refractivity contribution is -0.130. The predicted molar refractivity (Wildman–Crippen MR) is 76.7 cm³/mol. The molecule has 0 aliphatic carbocycles. The summed E-state index contributed by atoms with van der Waals surface area (Å²) in [6, 6.07) is 0. The van der Waals surface area contributed by atoms with Gasteiger partial charge in [0.05, 0.1) is 5.69 Å². The first kappa shape index (κ1) is 14.9. The number of nitrogens with one attached hydrogen (secondary N) is 1. The predicted octanol–water partition coefficient (Wildman–Crippen LogP) is 1.23. The molecular weight excluding hydrogens is 276 g/mol. The number of aromatic nitrogens is 2. The molecule has 1 fully saturated rings. The van der Waals surface area contributed by atoms with Crippen LogP contribution < -0.4 is 5.32 Å². The van der Waals surface area contributed by atoms with Gasteiger partial charge in [-0.15, -0.1) is 5.10 Å². The second-order valence-corrected chi connectivity index (χ2v) is 5.60. The molecule has 1 aromatic heterocycles. The fraction of sp³-hybridized carbons (Fsp3) is 0.692. The Morgan fingerprint density at radius 2 is 2.25 bits per heavy atom. The highest BCUT2D eigenvalue weighted by atomic mass is 32.1. The van der Waals surface area contributed by atoms with Crippen LogP contribution in [0.5, 0.6) is 0 Å². The summed E-state index contributed by atoms with van der Waals surface area (Å²) in [6.07, 6.45) is 4.48. The van der Waals surface area contributed by atoms with Crippen molar-refractivity contribution in [3.63, 3.8) is 0 Å². The summed E-state index contributed by atoms with van der Waals surface area (Å²) >= 11 is 1.12. The molecule has 20 heavy (non-hydrogen) atoms. The van der Waals surface area contributed by atoms with Crippen molar-refractivity contribution < 1.29 is 9.59 Å². The SMILES string of the molecule is CCc1nnsc1C(=O)NCCN1CCCCCC1=O. The Kier molecular flexibility index (Phi) is 5.46. The minimum absolute atomic E-state index is 0.140. The van der Waals surface area contributed by atoms with E-state index in [1.54, 1.807) is 0 Å². The summed E-state index contributed by atoms with van der Waals surface area (Å²) in [7, 11) is 0. The standard InChI is InChI=1S/C13H20N4O2S/c1-2-10-12(20-16-15-10)13(19)14-7-9-17-8-5-3-4-6-11(17)18/h2-9H2,1H3,(H,14,19). The molecule has 0 aromatic carbocycles. The Morgan fingerprint density at radius 3 is 3.05 bits per heavy atom. The number of aryl methyl sites for hydroxylation is 1. The Morgan fingerprint density at radius 1 is 1.40 bits per heavy atom. The van der Waals surface area contributed by atoms with Crippen molar-refractivity contribution in [1.82, 2.24) is 19.8 Å². The first-order chi connectivity index (χ1) is 9.72. The summed E-state index contributed by atoms with van der Waals surface area (Å²) in [5.74, 6) is 0.0598. The number of nitrogens with zero attached hydrogens (tertiary/aromatic N) is 3. The van der Waals surface area contributed by atoms with E-state index in [9.17, 15) is 9.59 Å². The number of rotatable bonds is 5. The quantitative estimate of drug-likeness (QED) is 0.887. The van der Waals surface area contributed by atoms with Gasteiger partial charge in [-0.3, -0.25) is 9.59 Å². The normalized spacial score (nSPS) is 16.1. The van der Waals surface area contributed by atoms with Gasteiger partial charge in [0.1, 0.15) is 4.88 Å². The topological polar surface area (TPSA) is 75.2 Å². The van der Waals surface area contributed by atoms with E-state index in [2.05, 4.69) is 14.9 Å². The van der Waals surface area contributed by atoms with Crippen LogP contribution >= 0.6 is 11.5 Å². The summed E-state index contributed by atoms with van der Waals surface area (Å²) in [6.45, 7) is 3.81. The van der Waals surface area contributed by atoms with Crippen LogP contribution in [0.2, 0.25) is 0 Å². The van der Waals surface area contributed by atoms with Crippen LogP contribution in [0.3, 0.4) is 0 Å². The van der Waals surface area contributed by atoms with E-state index >= 15 is 0 Å². The third kappa shape index (κ3) is 3.75. The zero-order chi connectivity index (χ0) is 14.4. The maximum Gasteiger partial charge on any atom is 0.265 e. The summed E-state index contributed by atoms with van der Waals surface area (Å²) < 4.78 is 3.80. The molecule has 1 N–H and O–H groups in total. The van der Waals surface area contributed by atoms with Gasteiger partial charge in [0.25, 0.3) is 5.91 Å². The minimum atomic E-state index is -0.140. The smallest absolute Gasteiger partial charge is 0.265 e. The Balaban J connectivity index is 1.80. The van der Waals surface area contributed by atoms with Crippen LogP contribution in [-0.4, -0.2) is 45.9 Å². The second-order valence-electron chi connectivity index (χ2n) is 4.85. The highest BCUT2D eigenvalue weighted by Crippen LogP contribution is 2.12. The molecule has 0 saturated carbocycles. The Bertz CT molecular complexity index is 475. The number of hydrogen-bond donors (Lipinski definition) is 1. The van der Waals surface area contributed by atoms with Crippen LogP contribution in [0.4, 0.5) is 0 Å². The maximum atomic E-state index is 12.0. The van der Waals surface area contributed by atoms with E-state index in [0.29, 0.717) is 30.8 Å². The highest BCUT2D eigenvalue weighted by molar-refractivity contribution is 7.08.